The van der Waals surface area contributed by atoms with Gasteiger partial charge in [0.15, 0.2) is 0 Å². The van der Waals surface area contributed by atoms with E-state index in [1.165, 1.54) is 12.3 Å². The van der Waals surface area contributed by atoms with E-state index < -0.39 is 17.2 Å². The summed E-state index contributed by atoms with van der Waals surface area (Å²) in [6.07, 6.45) is 8.54. The molecule has 0 bridgehead atoms. The highest BCUT2D eigenvalue weighted by Crippen LogP contribution is 2.45. The SMILES string of the molecule is CC1C=CCC2CN(c3c(F)cc4c(=O)c(C(=O)O)cn(C5CC5)c4c3Cl)CC12. The van der Waals surface area contributed by atoms with Crippen LogP contribution in [0.4, 0.5) is 10.1 Å². The number of anilines is 1. The number of aromatic nitrogens is 1. The molecule has 0 amide bonds. The van der Waals surface area contributed by atoms with E-state index in [2.05, 4.69) is 19.1 Å². The zero-order valence-electron chi connectivity index (χ0n) is 16.1. The molecule has 1 aliphatic heterocycles. The van der Waals surface area contributed by atoms with E-state index in [1.807, 2.05) is 4.90 Å². The second-order valence-corrected chi connectivity index (χ2v) is 8.96. The molecule has 7 heteroatoms. The number of aromatic carboxylic acids is 1. The predicted molar refractivity (Wildman–Crippen MR) is 111 cm³/mol. The molecule has 1 N–H and O–H groups in total. The molecule has 1 saturated heterocycles. The number of nitrogens with zero attached hydrogens (tertiary/aromatic N) is 2. The second kappa shape index (κ2) is 6.59. The van der Waals surface area contributed by atoms with Crippen molar-refractivity contribution >= 4 is 34.2 Å². The van der Waals surface area contributed by atoms with Crippen LogP contribution in [0.25, 0.3) is 10.9 Å². The average molecular weight is 417 g/mol. The Kier molecular flexibility index (Phi) is 4.24. The first-order valence-electron chi connectivity index (χ1n) is 10.1. The van der Waals surface area contributed by atoms with Crippen LogP contribution in [-0.2, 0) is 0 Å². The Balaban J connectivity index is 1.69. The van der Waals surface area contributed by atoms with Crippen LogP contribution in [0, 0.1) is 23.6 Å². The van der Waals surface area contributed by atoms with Gasteiger partial charge in [0.05, 0.1) is 21.6 Å². The van der Waals surface area contributed by atoms with Gasteiger partial charge < -0.3 is 14.6 Å². The Morgan fingerprint density at radius 3 is 2.72 bits per heavy atom. The number of allylic oxidation sites excluding steroid dienone is 2. The minimum absolute atomic E-state index is 0.0368. The molecule has 29 heavy (non-hydrogen) atoms. The summed E-state index contributed by atoms with van der Waals surface area (Å²) in [5, 5.41) is 9.65. The Morgan fingerprint density at radius 1 is 1.31 bits per heavy atom. The highest BCUT2D eigenvalue weighted by atomic mass is 35.5. The third kappa shape index (κ3) is 2.88. The maximum absolute atomic E-state index is 15.2. The Labute approximate surface area is 172 Å². The van der Waals surface area contributed by atoms with E-state index >= 15 is 4.39 Å². The normalized spacial score (nSPS) is 26.2. The molecule has 2 heterocycles. The second-order valence-electron chi connectivity index (χ2n) is 8.58. The van der Waals surface area contributed by atoms with Gasteiger partial charge in [-0.3, -0.25) is 4.79 Å². The summed E-state index contributed by atoms with van der Waals surface area (Å²) in [4.78, 5) is 26.2. The fraction of sp³-hybridized carbons (Fsp3) is 0.455. The van der Waals surface area contributed by atoms with Gasteiger partial charge in [-0.05, 0) is 43.1 Å². The lowest BCUT2D eigenvalue weighted by Crippen LogP contribution is -2.24. The molecule has 3 atom stereocenters. The quantitative estimate of drug-likeness (QED) is 0.749. The molecule has 2 fully saturated rings. The minimum Gasteiger partial charge on any atom is -0.477 e. The molecule has 152 valence electrons. The van der Waals surface area contributed by atoms with Crippen molar-refractivity contribution in [3.63, 3.8) is 0 Å². The Morgan fingerprint density at radius 2 is 2.07 bits per heavy atom. The van der Waals surface area contributed by atoms with Gasteiger partial charge in [0.2, 0.25) is 5.43 Å². The molecule has 5 nitrogen and oxygen atoms in total. The third-order valence-electron chi connectivity index (χ3n) is 6.72. The lowest BCUT2D eigenvalue weighted by atomic mass is 9.79. The molecule has 2 aliphatic carbocycles. The van der Waals surface area contributed by atoms with E-state index in [1.54, 1.807) is 4.57 Å². The monoisotopic (exact) mass is 416 g/mol. The summed E-state index contributed by atoms with van der Waals surface area (Å²) < 4.78 is 17.0. The van der Waals surface area contributed by atoms with Crippen molar-refractivity contribution in [3.8, 4) is 0 Å². The van der Waals surface area contributed by atoms with Crippen molar-refractivity contribution in [2.75, 3.05) is 18.0 Å². The first kappa shape index (κ1) is 18.7. The number of hydrogen-bond acceptors (Lipinski definition) is 3. The topological polar surface area (TPSA) is 62.5 Å². The van der Waals surface area contributed by atoms with Crippen molar-refractivity contribution in [1.29, 1.82) is 0 Å². The van der Waals surface area contributed by atoms with Crippen LogP contribution < -0.4 is 10.3 Å². The van der Waals surface area contributed by atoms with Crippen LogP contribution in [0.15, 0.2) is 29.2 Å². The van der Waals surface area contributed by atoms with Gasteiger partial charge in [0.1, 0.15) is 11.4 Å². The molecule has 1 saturated carbocycles. The Bertz CT molecular complexity index is 1120. The van der Waals surface area contributed by atoms with E-state index in [4.69, 9.17) is 11.6 Å². The van der Waals surface area contributed by atoms with Crippen LogP contribution >= 0.6 is 11.6 Å². The van der Waals surface area contributed by atoms with Crippen molar-refractivity contribution in [2.24, 2.45) is 17.8 Å². The molecule has 1 aromatic heterocycles. The fourth-order valence-electron chi connectivity index (χ4n) is 5.05. The van der Waals surface area contributed by atoms with Crippen LogP contribution in [0.3, 0.4) is 0 Å². The maximum atomic E-state index is 15.2. The average Bonchev–Trinajstić information content (AvgIpc) is 3.42. The van der Waals surface area contributed by atoms with Crippen LogP contribution in [0.1, 0.15) is 42.6 Å². The van der Waals surface area contributed by atoms with Crippen LogP contribution in [0.2, 0.25) is 5.02 Å². The first-order chi connectivity index (χ1) is 13.9. The predicted octanol–water partition coefficient (Wildman–Crippen LogP) is 4.48. The lowest BCUT2D eigenvalue weighted by molar-refractivity contribution is 0.0695. The van der Waals surface area contributed by atoms with E-state index in [0.717, 1.165) is 32.4 Å². The number of halogens is 2. The number of rotatable bonds is 3. The summed E-state index contributed by atoms with van der Waals surface area (Å²) in [5.74, 6) is -0.531. The van der Waals surface area contributed by atoms with Gasteiger partial charge in [0.25, 0.3) is 0 Å². The van der Waals surface area contributed by atoms with Crippen molar-refractivity contribution in [2.45, 2.75) is 32.2 Å². The summed E-state index contributed by atoms with van der Waals surface area (Å²) in [7, 11) is 0. The van der Waals surface area contributed by atoms with Crippen molar-refractivity contribution in [1.82, 2.24) is 4.57 Å². The first-order valence-corrected chi connectivity index (χ1v) is 10.5. The summed E-state index contributed by atoms with van der Waals surface area (Å²) in [6, 6.07) is 1.27. The number of carboxylic acid groups (broad SMARTS) is 1. The number of benzene rings is 1. The van der Waals surface area contributed by atoms with Gasteiger partial charge >= 0.3 is 5.97 Å². The zero-order valence-corrected chi connectivity index (χ0v) is 16.8. The van der Waals surface area contributed by atoms with Gasteiger partial charge in [0, 0.05) is 25.3 Å². The maximum Gasteiger partial charge on any atom is 0.341 e. The van der Waals surface area contributed by atoms with Gasteiger partial charge in [-0.15, -0.1) is 0 Å². The van der Waals surface area contributed by atoms with Crippen molar-refractivity contribution in [3.05, 3.63) is 51.0 Å². The van der Waals surface area contributed by atoms with E-state index in [0.29, 0.717) is 29.0 Å². The van der Waals surface area contributed by atoms with Gasteiger partial charge in [-0.2, -0.15) is 0 Å². The number of carboxylic acids is 1. The molecule has 2 aromatic rings. The third-order valence-corrected chi connectivity index (χ3v) is 7.07. The van der Waals surface area contributed by atoms with E-state index in [-0.39, 0.29) is 22.0 Å². The number of hydrogen-bond donors (Lipinski definition) is 1. The minimum atomic E-state index is -1.31. The van der Waals surface area contributed by atoms with Crippen molar-refractivity contribution < 1.29 is 14.3 Å². The molecule has 1 aromatic carbocycles. The molecule has 0 radical (unpaired) electrons. The molecular formula is C22H22ClFN2O3. The molecule has 5 rings (SSSR count). The number of carbonyl (C=O) groups is 1. The molecular weight excluding hydrogens is 395 g/mol. The Hall–Kier alpha value is -2.34. The van der Waals surface area contributed by atoms with Gasteiger partial charge in [-0.25, -0.2) is 9.18 Å². The fourth-order valence-corrected chi connectivity index (χ4v) is 5.46. The zero-order chi connectivity index (χ0) is 20.4. The summed E-state index contributed by atoms with van der Waals surface area (Å²) >= 11 is 6.74. The lowest BCUT2D eigenvalue weighted by Gasteiger charge is -2.25. The van der Waals surface area contributed by atoms with E-state index in [9.17, 15) is 14.7 Å². The number of fused-ring (bicyclic) bond motifs is 2. The highest BCUT2D eigenvalue weighted by molar-refractivity contribution is 6.38. The molecule has 3 aliphatic rings. The van der Waals surface area contributed by atoms with Crippen LogP contribution in [0.5, 0.6) is 0 Å². The molecule has 3 unspecified atom stereocenters. The summed E-state index contributed by atoms with van der Waals surface area (Å²) in [6.45, 7) is 3.63. The van der Waals surface area contributed by atoms with Gasteiger partial charge in [-0.1, -0.05) is 30.7 Å². The largest absolute Gasteiger partial charge is 0.477 e. The highest BCUT2D eigenvalue weighted by Gasteiger charge is 2.39. The standard InChI is InChI=1S/C22H22ClFN2O3/c1-11-3-2-4-12-8-25(9-15(11)12)20-17(24)7-14-19(18(20)23)26(13-5-6-13)10-16(21(14)27)22(28)29/h2-3,7,10-13,15H,4-6,8-9H2,1H3,(H,28,29). The summed E-state index contributed by atoms with van der Waals surface area (Å²) in [5.41, 5.74) is -0.261. The smallest absolute Gasteiger partial charge is 0.341 e. The van der Waals surface area contributed by atoms with Crippen LogP contribution in [-0.4, -0.2) is 28.7 Å². The molecule has 0 spiro atoms. The number of pyridine rings is 1.